The second-order valence-corrected chi connectivity index (χ2v) is 7.59. The van der Waals surface area contributed by atoms with Gasteiger partial charge in [-0.1, -0.05) is 30.3 Å². The second-order valence-electron chi connectivity index (χ2n) is 7.59. The Bertz CT molecular complexity index is 823. The summed E-state index contributed by atoms with van der Waals surface area (Å²) < 4.78 is 12.1. The zero-order chi connectivity index (χ0) is 18.3. The summed E-state index contributed by atoms with van der Waals surface area (Å²) in [5, 5.41) is 0. The summed E-state index contributed by atoms with van der Waals surface area (Å²) >= 11 is 0. The van der Waals surface area contributed by atoms with Crippen molar-refractivity contribution in [2.24, 2.45) is 0 Å². The van der Waals surface area contributed by atoms with Crippen molar-refractivity contribution in [3.8, 4) is 11.5 Å². The fraction of sp³-hybridized carbons (Fsp3) is 0.409. The highest BCUT2D eigenvalue weighted by atomic mass is 16.5. The summed E-state index contributed by atoms with van der Waals surface area (Å²) in [4.78, 5) is 16.8. The molecule has 2 aromatic rings. The van der Waals surface area contributed by atoms with E-state index in [4.69, 9.17) is 9.47 Å². The Morgan fingerprint density at radius 1 is 1.04 bits per heavy atom. The molecule has 27 heavy (non-hydrogen) atoms. The Morgan fingerprint density at radius 2 is 1.81 bits per heavy atom. The summed E-state index contributed by atoms with van der Waals surface area (Å²) in [5.74, 6) is 1.92. The summed E-state index contributed by atoms with van der Waals surface area (Å²) in [6.07, 6.45) is 2.44. The van der Waals surface area contributed by atoms with E-state index >= 15 is 0 Å². The molecule has 5 rings (SSSR count). The van der Waals surface area contributed by atoms with E-state index in [1.165, 1.54) is 5.56 Å². The minimum atomic E-state index is -0.369. The van der Waals surface area contributed by atoms with Crippen molar-refractivity contribution < 1.29 is 14.3 Å². The molecular weight excluding hydrogens is 340 g/mol. The van der Waals surface area contributed by atoms with Crippen molar-refractivity contribution in [3.63, 3.8) is 0 Å². The van der Waals surface area contributed by atoms with E-state index in [0.29, 0.717) is 6.42 Å². The standard InChI is InChI=1S/C22H24N2O3/c25-21-15-20-22(24(21)12-4-14-26-22)11-13-23(20)16-17-7-9-19(10-8-17)27-18-5-2-1-3-6-18/h1-3,5-10,20H,4,11-16H2/t20-,22+/m1/s1. The lowest BCUT2D eigenvalue weighted by Gasteiger charge is -2.42. The fourth-order valence-corrected chi connectivity index (χ4v) is 4.74. The maximum absolute atomic E-state index is 12.4. The normalized spacial score (nSPS) is 27.5. The SMILES string of the molecule is O=C1C[C@H]2N(Cc3ccc(Oc4ccccc4)cc3)CC[C@]23OCCCN13. The molecule has 3 fully saturated rings. The van der Waals surface area contributed by atoms with Crippen LogP contribution in [-0.4, -0.2) is 47.2 Å². The van der Waals surface area contributed by atoms with E-state index in [0.717, 1.165) is 50.6 Å². The van der Waals surface area contributed by atoms with Crippen molar-refractivity contribution in [1.82, 2.24) is 9.80 Å². The largest absolute Gasteiger partial charge is 0.457 e. The Balaban J connectivity index is 1.28. The Labute approximate surface area is 159 Å². The molecule has 1 amide bonds. The zero-order valence-electron chi connectivity index (χ0n) is 15.3. The quantitative estimate of drug-likeness (QED) is 0.834. The summed E-state index contributed by atoms with van der Waals surface area (Å²) in [5.41, 5.74) is 0.861. The third-order valence-electron chi connectivity index (χ3n) is 6.01. The molecule has 1 spiro atoms. The first-order valence-electron chi connectivity index (χ1n) is 9.75. The van der Waals surface area contributed by atoms with Crippen LogP contribution in [0.25, 0.3) is 0 Å². The number of carbonyl (C=O) groups excluding carboxylic acids is 1. The predicted octanol–water partition coefficient (Wildman–Crippen LogP) is 3.40. The highest BCUT2D eigenvalue weighted by Gasteiger charge is 2.60. The van der Waals surface area contributed by atoms with Gasteiger partial charge in [0.05, 0.1) is 12.6 Å². The molecule has 3 aliphatic heterocycles. The van der Waals surface area contributed by atoms with Crippen molar-refractivity contribution in [2.75, 3.05) is 19.7 Å². The van der Waals surface area contributed by atoms with Gasteiger partial charge in [-0.05, 0) is 36.2 Å². The van der Waals surface area contributed by atoms with Gasteiger partial charge >= 0.3 is 0 Å². The van der Waals surface area contributed by atoms with Crippen molar-refractivity contribution in [3.05, 3.63) is 60.2 Å². The van der Waals surface area contributed by atoms with E-state index in [-0.39, 0.29) is 17.7 Å². The summed E-state index contributed by atoms with van der Waals surface area (Å²) in [7, 11) is 0. The predicted molar refractivity (Wildman–Crippen MR) is 101 cm³/mol. The van der Waals surface area contributed by atoms with E-state index in [9.17, 15) is 4.79 Å². The number of para-hydroxylation sites is 1. The first kappa shape index (κ1) is 16.8. The van der Waals surface area contributed by atoms with Gasteiger partial charge < -0.3 is 14.4 Å². The van der Waals surface area contributed by atoms with Gasteiger partial charge in [0.25, 0.3) is 0 Å². The molecule has 0 aliphatic carbocycles. The molecule has 5 nitrogen and oxygen atoms in total. The number of carbonyl (C=O) groups is 1. The average molecular weight is 364 g/mol. The number of ether oxygens (including phenoxy) is 2. The van der Waals surface area contributed by atoms with E-state index in [1.54, 1.807) is 0 Å². The molecule has 0 radical (unpaired) electrons. The molecule has 2 atom stereocenters. The molecule has 0 unspecified atom stereocenters. The number of nitrogens with zero attached hydrogens (tertiary/aromatic N) is 2. The van der Waals surface area contributed by atoms with Crippen LogP contribution < -0.4 is 4.74 Å². The first-order chi connectivity index (χ1) is 13.2. The molecule has 3 heterocycles. The van der Waals surface area contributed by atoms with Crippen molar-refractivity contribution in [1.29, 1.82) is 0 Å². The lowest BCUT2D eigenvalue weighted by molar-refractivity contribution is -0.180. The van der Waals surface area contributed by atoms with Crippen molar-refractivity contribution in [2.45, 2.75) is 37.6 Å². The Hall–Kier alpha value is -2.37. The van der Waals surface area contributed by atoms with Gasteiger partial charge in [-0.25, -0.2) is 0 Å². The highest BCUT2D eigenvalue weighted by Crippen LogP contribution is 2.45. The molecule has 3 aliphatic rings. The van der Waals surface area contributed by atoms with Gasteiger partial charge in [-0.3, -0.25) is 9.69 Å². The first-order valence-corrected chi connectivity index (χ1v) is 9.75. The van der Waals surface area contributed by atoms with Gasteiger partial charge in [0.1, 0.15) is 11.5 Å². The lowest BCUT2D eigenvalue weighted by atomic mass is 10.0. The number of benzene rings is 2. The van der Waals surface area contributed by atoms with Crippen LogP contribution in [0.4, 0.5) is 0 Å². The van der Waals surface area contributed by atoms with Crippen LogP contribution in [0.3, 0.4) is 0 Å². The molecule has 0 saturated carbocycles. The lowest BCUT2D eigenvalue weighted by Crippen LogP contribution is -2.56. The van der Waals surface area contributed by atoms with E-state index in [1.807, 2.05) is 47.4 Å². The molecule has 0 bridgehead atoms. The molecule has 2 aromatic carbocycles. The van der Waals surface area contributed by atoms with Crippen LogP contribution in [0, 0.1) is 0 Å². The van der Waals surface area contributed by atoms with E-state index < -0.39 is 0 Å². The monoisotopic (exact) mass is 364 g/mol. The summed E-state index contributed by atoms with van der Waals surface area (Å²) in [6.45, 7) is 3.41. The highest BCUT2D eigenvalue weighted by molar-refractivity contribution is 5.81. The minimum Gasteiger partial charge on any atom is -0.457 e. The molecule has 5 heteroatoms. The van der Waals surface area contributed by atoms with Gasteiger partial charge in [0, 0.05) is 32.5 Å². The third-order valence-corrected chi connectivity index (χ3v) is 6.01. The van der Waals surface area contributed by atoms with Crippen LogP contribution in [0.1, 0.15) is 24.8 Å². The van der Waals surface area contributed by atoms with Gasteiger partial charge in [-0.2, -0.15) is 0 Å². The minimum absolute atomic E-state index is 0.172. The average Bonchev–Trinajstić information content (AvgIpc) is 3.17. The smallest absolute Gasteiger partial charge is 0.226 e. The number of rotatable bonds is 4. The Kier molecular flexibility index (Phi) is 4.14. The molecule has 0 N–H and O–H groups in total. The fourth-order valence-electron chi connectivity index (χ4n) is 4.74. The van der Waals surface area contributed by atoms with Gasteiger partial charge in [-0.15, -0.1) is 0 Å². The van der Waals surface area contributed by atoms with Crippen LogP contribution in [0.15, 0.2) is 54.6 Å². The van der Waals surface area contributed by atoms with Crippen LogP contribution >= 0.6 is 0 Å². The summed E-state index contributed by atoms with van der Waals surface area (Å²) in [6, 6.07) is 18.2. The maximum Gasteiger partial charge on any atom is 0.226 e. The third kappa shape index (κ3) is 2.91. The van der Waals surface area contributed by atoms with Gasteiger partial charge in [0.15, 0.2) is 5.72 Å². The molecule has 3 saturated heterocycles. The van der Waals surface area contributed by atoms with Crippen molar-refractivity contribution >= 4 is 5.91 Å². The number of likely N-dealkylation sites (tertiary alicyclic amines) is 1. The number of hydrogen-bond acceptors (Lipinski definition) is 4. The topological polar surface area (TPSA) is 42.0 Å². The number of hydrogen-bond donors (Lipinski definition) is 0. The number of amides is 1. The van der Waals surface area contributed by atoms with Crippen LogP contribution in [0.2, 0.25) is 0 Å². The second kappa shape index (κ2) is 6.66. The molecular formula is C22H24N2O3. The van der Waals surface area contributed by atoms with Gasteiger partial charge in [0.2, 0.25) is 5.91 Å². The Morgan fingerprint density at radius 3 is 2.63 bits per heavy atom. The maximum atomic E-state index is 12.4. The van der Waals surface area contributed by atoms with Crippen LogP contribution in [-0.2, 0) is 16.1 Å². The molecule has 0 aromatic heterocycles. The van der Waals surface area contributed by atoms with Crippen LogP contribution in [0.5, 0.6) is 11.5 Å². The molecule has 140 valence electrons. The zero-order valence-corrected chi connectivity index (χ0v) is 15.3. The van der Waals surface area contributed by atoms with E-state index in [2.05, 4.69) is 17.0 Å².